The van der Waals surface area contributed by atoms with Crippen LogP contribution in [-0.2, 0) is 6.54 Å². The largest absolute Gasteiger partial charge is 0.357 e. The van der Waals surface area contributed by atoms with Crippen molar-refractivity contribution < 1.29 is 0 Å². The number of hydrogen-bond acceptors (Lipinski definition) is 3. The third kappa shape index (κ3) is 6.57. The van der Waals surface area contributed by atoms with E-state index in [0.717, 1.165) is 29.5 Å². The van der Waals surface area contributed by atoms with Crippen molar-refractivity contribution >= 4 is 5.96 Å². The summed E-state index contributed by atoms with van der Waals surface area (Å²) in [5.41, 5.74) is 2.17. The molecule has 1 aromatic carbocycles. The van der Waals surface area contributed by atoms with Crippen molar-refractivity contribution in [2.24, 2.45) is 4.99 Å². The molecule has 0 amide bonds. The third-order valence-electron chi connectivity index (χ3n) is 4.00. The average molecular weight is 342 g/mol. The van der Waals surface area contributed by atoms with Gasteiger partial charge >= 0.3 is 0 Å². The Labute approximate surface area is 150 Å². The molecule has 0 saturated heterocycles. The Balaban J connectivity index is 1.97. The summed E-state index contributed by atoms with van der Waals surface area (Å²) < 4.78 is 0. The minimum Gasteiger partial charge on any atom is -0.357 e. The lowest BCUT2D eigenvalue weighted by Gasteiger charge is -2.17. The molecule has 0 saturated carbocycles. The Morgan fingerprint density at radius 3 is 2.88 bits per heavy atom. The molecule has 0 bridgehead atoms. The van der Waals surface area contributed by atoms with E-state index in [-0.39, 0.29) is 0 Å². The van der Waals surface area contributed by atoms with Gasteiger partial charge in [-0.15, -0.1) is 0 Å². The second kappa shape index (κ2) is 10.5. The van der Waals surface area contributed by atoms with E-state index in [1.807, 2.05) is 12.1 Å². The highest BCUT2D eigenvalue weighted by Crippen LogP contribution is 2.15. The summed E-state index contributed by atoms with van der Waals surface area (Å²) in [5.74, 6) is 1.65. The molecule has 6 heteroatoms. The van der Waals surface area contributed by atoms with Gasteiger partial charge in [0, 0.05) is 18.2 Å². The minimum atomic E-state index is 0.421. The van der Waals surface area contributed by atoms with Crippen LogP contribution >= 0.6 is 0 Å². The number of aliphatic imine (C=N–C) groups is 1. The highest BCUT2D eigenvalue weighted by atomic mass is 15.2. The SMILES string of the molecule is CCCCCC(C)NC(=NCc1cccc(-c2ncn[nH]2)c1)NCC. The number of guanidine groups is 1. The molecule has 1 aromatic heterocycles. The first-order valence-electron chi connectivity index (χ1n) is 9.22. The monoisotopic (exact) mass is 342 g/mol. The number of aromatic nitrogens is 3. The summed E-state index contributed by atoms with van der Waals surface area (Å²) in [5, 5.41) is 13.6. The molecule has 0 aliphatic rings. The molecule has 136 valence electrons. The smallest absolute Gasteiger partial charge is 0.191 e. The number of unbranched alkanes of at least 4 members (excludes halogenated alkanes) is 2. The van der Waals surface area contributed by atoms with Crippen molar-refractivity contribution in [1.29, 1.82) is 0 Å². The Bertz CT molecular complexity index is 635. The number of H-pyrrole nitrogens is 1. The van der Waals surface area contributed by atoms with Gasteiger partial charge in [0.2, 0.25) is 0 Å². The van der Waals surface area contributed by atoms with E-state index in [9.17, 15) is 0 Å². The second-order valence-corrected chi connectivity index (χ2v) is 6.27. The Kier molecular flexibility index (Phi) is 7.95. The number of hydrogen-bond donors (Lipinski definition) is 3. The molecule has 2 rings (SSSR count). The first-order valence-corrected chi connectivity index (χ1v) is 9.22. The van der Waals surface area contributed by atoms with Gasteiger partial charge in [0.1, 0.15) is 6.33 Å². The number of aromatic amines is 1. The molecular weight excluding hydrogens is 312 g/mol. The summed E-state index contributed by atoms with van der Waals surface area (Å²) in [7, 11) is 0. The first-order chi connectivity index (χ1) is 12.2. The maximum atomic E-state index is 4.72. The first kappa shape index (κ1) is 19.0. The van der Waals surface area contributed by atoms with Gasteiger partial charge in [-0.05, 0) is 31.9 Å². The maximum Gasteiger partial charge on any atom is 0.191 e. The zero-order valence-corrected chi connectivity index (χ0v) is 15.5. The van der Waals surface area contributed by atoms with E-state index in [1.165, 1.54) is 32.0 Å². The molecule has 0 aliphatic carbocycles. The molecule has 1 heterocycles. The van der Waals surface area contributed by atoms with Crippen LogP contribution in [0, 0.1) is 0 Å². The minimum absolute atomic E-state index is 0.421. The summed E-state index contributed by atoms with van der Waals surface area (Å²) in [6.45, 7) is 8.01. The van der Waals surface area contributed by atoms with Crippen molar-refractivity contribution in [3.8, 4) is 11.4 Å². The van der Waals surface area contributed by atoms with E-state index in [1.54, 1.807) is 0 Å². The van der Waals surface area contributed by atoms with Crippen LogP contribution in [0.3, 0.4) is 0 Å². The molecule has 0 spiro atoms. The van der Waals surface area contributed by atoms with Crippen LogP contribution in [0.1, 0.15) is 52.0 Å². The van der Waals surface area contributed by atoms with Gasteiger partial charge < -0.3 is 10.6 Å². The fraction of sp³-hybridized carbons (Fsp3) is 0.526. The topological polar surface area (TPSA) is 78.0 Å². The molecule has 25 heavy (non-hydrogen) atoms. The van der Waals surface area contributed by atoms with Crippen molar-refractivity contribution in [3.63, 3.8) is 0 Å². The van der Waals surface area contributed by atoms with Crippen molar-refractivity contribution in [2.45, 2.75) is 59.0 Å². The summed E-state index contributed by atoms with van der Waals surface area (Å²) in [6, 6.07) is 8.64. The van der Waals surface area contributed by atoms with E-state index in [0.29, 0.717) is 12.6 Å². The van der Waals surface area contributed by atoms with Crippen LogP contribution in [0.15, 0.2) is 35.6 Å². The maximum absolute atomic E-state index is 4.72. The van der Waals surface area contributed by atoms with Crippen molar-refractivity contribution in [1.82, 2.24) is 25.8 Å². The Hall–Kier alpha value is -2.37. The molecule has 0 fully saturated rings. The molecule has 0 aliphatic heterocycles. The molecule has 0 radical (unpaired) electrons. The van der Waals surface area contributed by atoms with Gasteiger partial charge in [0.15, 0.2) is 11.8 Å². The standard InChI is InChI=1S/C19H30N6/c1-4-6-7-9-15(3)24-19(20-5-2)21-13-16-10-8-11-17(12-16)18-22-14-23-25-18/h8,10-12,14-15H,4-7,9,13H2,1-3H3,(H2,20,21,24)(H,22,23,25). The van der Waals surface area contributed by atoms with Gasteiger partial charge in [-0.25, -0.2) is 9.98 Å². The summed E-state index contributed by atoms with van der Waals surface area (Å²) >= 11 is 0. The average Bonchev–Trinajstić information content (AvgIpc) is 3.15. The Morgan fingerprint density at radius 2 is 2.16 bits per heavy atom. The number of nitrogens with one attached hydrogen (secondary N) is 3. The van der Waals surface area contributed by atoms with Crippen LogP contribution in [0.4, 0.5) is 0 Å². The highest BCUT2D eigenvalue weighted by Gasteiger charge is 2.06. The van der Waals surface area contributed by atoms with Gasteiger partial charge in [-0.1, -0.05) is 44.4 Å². The van der Waals surface area contributed by atoms with E-state index < -0.39 is 0 Å². The van der Waals surface area contributed by atoms with Crippen molar-refractivity contribution in [3.05, 3.63) is 36.2 Å². The lowest BCUT2D eigenvalue weighted by atomic mass is 10.1. The van der Waals surface area contributed by atoms with Crippen LogP contribution in [0.5, 0.6) is 0 Å². The quantitative estimate of drug-likeness (QED) is 0.370. The predicted octanol–water partition coefficient (Wildman–Crippen LogP) is 3.50. The van der Waals surface area contributed by atoms with Gasteiger partial charge in [0.05, 0.1) is 6.54 Å². The molecule has 1 unspecified atom stereocenters. The summed E-state index contributed by atoms with van der Waals surface area (Å²) in [4.78, 5) is 8.92. The third-order valence-corrected chi connectivity index (χ3v) is 4.00. The Morgan fingerprint density at radius 1 is 1.28 bits per heavy atom. The van der Waals surface area contributed by atoms with Gasteiger partial charge in [0.25, 0.3) is 0 Å². The van der Waals surface area contributed by atoms with E-state index >= 15 is 0 Å². The highest BCUT2D eigenvalue weighted by molar-refractivity contribution is 5.80. The van der Waals surface area contributed by atoms with Gasteiger partial charge in [-0.3, -0.25) is 5.10 Å². The molecule has 2 aromatic rings. The zero-order valence-electron chi connectivity index (χ0n) is 15.5. The lowest BCUT2D eigenvalue weighted by Crippen LogP contribution is -2.42. The number of rotatable bonds is 9. The van der Waals surface area contributed by atoms with E-state index in [4.69, 9.17) is 4.99 Å². The number of benzene rings is 1. The molecule has 3 N–H and O–H groups in total. The summed E-state index contributed by atoms with van der Waals surface area (Å²) in [6.07, 6.45) is 6.48. The molecule has 6 nitrogen and oxygen atoms in total. The lowest BCUT2D eigenvalue weighted by molar-refractivity contribution is 0.547. The van der Waals surface area contributed by atoms with Crippen LogP contribution in [-0.4, -0.2) is 33.7 Å². The zero-order chi connectivity index (χ0) is 17.9. The molecular formula is C19H30N6. The fourth-order valence-electron chi connectivity index (χ4n) is 2.66. The van der Waals surface area contributed by atoms with Gasteiger partial charge in [-0.2, -0.15) is 5.10 Å². The van der Waals surface area contributed by atoms with Crippen LogP contribution in [0.2, 0.25) is 0 Å². The van der Waals surface area contributed by atoms with Crippen LogP contribution < -0.4 is 10.6 Å². The number of nitrogens with zero attached hydrogens (tertiary/aromatic N) is 3. The predicted molar refractivity (Wildman–Crippen MR) is 103 cm³/mol. The second-order valence-electron chi connectivity index (χ2n) is 6.27. The fourth-order valence-corrected chi connectivity index (χ4v) is 2.66. The van der Waals surface area contributed by atoms with Crippen LogP contribution in [0.25, 0.3) is 11.4 Å². The van der Waals surface area contributed by atoms with E-state index in [2.05, 4.69) is 58.7 Å². The molecule has 1 atom stereocenters. The van der Waals surface area contributed by atoms with Crippen molar-refractivity contribution in [2.75, 3.05) is 6.54 Å². The normalized spacial score (nSPS) is 12.8.